The molecule has 1 N–H and O–H groups in total. The summed E-state index contributed by atoms with van der Waals surface area (Å²) < 4.78 is 0. The number of hydrogen-bond acceptors (Lipinski definition) is 1. The fourth-order valence-corrected chi connectivity index (χ4v) is 5.69. The van der Waals surface area contributed by atoms with Crippen molar-refractivity contribution in [2.75, 3.05) is 6.61 Å². The van der Waals surface area contributed by atoms with Crippen LogP contribution in [0.25, 0.3) is 0 Å². The zero-order valence-corrected chi connectivity index (χ0v) is 10.6. The molecule has 0 aromatic heterocycles. The van der Waals surface area contributed by atoms with E-state index in [-0.39, 0.29) is 0 Å². The summed E-state index contributed by atoms with van der Waals surface area (Å²) in [5.74, 6) is 2.09. The van der Waals surface area contributed by atoms with Crippen molar-refractivity contribution in [3.63, 3.8) is 0 Å². The van der Waals surface area contributed by atoms with E-state index in [1.54, 1.807) is 0 Å². The molecule has 0 heterocycles. The predicted molar refractivity (Wildman–Crippen MR) is 66.0 cm³/mol. The molecule has 3 fully saturated rings. The SMILES string of the molecule is C=C1C[C@H]2CC[C@]3(C2)[C@@H](CO)CC(C)(C)[C@@H]13. The molecule has 3 aliphatic carbocycles. The van der Waals surface area contributed by atoms with Crippen molar-refractivity contribution in [2.24, 2.45) is 28.6 Å². The Morgan fingerprint density at radius 1 is 1.38 bits per heavy atom. The molecule has 16 heavy (non-hydrogen) atoms. The number of fused-ring (bicyclic) bond motifs is 1. The molecule has 4 atom stereocenters. The molecule has 0 saturated heterocycles. The fourth-order valence-electron chi connectivity index (χ4n) is 5.69. The minimum absolute atomic E-state index is 0.361. The van der Waals surface area contributed by atoms with E-state index in [0.29, 0.717) is 29.3 Å². The Labute approximate surface area is 98.9 Å². The third-order valence-electron chi connectivity index (χ3n) is 5.81. The topological polar surface area (TPSA) is 20.2 Å². The molecule has 0 radical (unpaired) electrons. The Hall–Kier alpha value is -0.300. The van der Waals surface area contributed by atoms with E-state index in [2.05, 4.69) is 20.4 Å². The maximum Gasteiger partial charge on any atom is 0.0465 e. The highest BCUT2D eigenvalue weighted by Gasteiger charge is 2.62. The maximum absolute atomic E-state index is 9.71. The minimum atomic E-state index is 0.361. The van der Waals surface area contributed by atoms with Gasteiger partial charge in [-0.1, -0.05) is 26.0 Å². The Morgan fingerprint density at radius 3 is 2.81 bits per heavy atom. The first kappa shape index (κ1) is 10.8. The first-order valence-electron chi connectivity index (χ1n) is 6.78. The van der Waals surface area contributed by atoms with Crippen LogP contribution in [0.4, 0.5) is 0 Å². The maximum atomic E-state index is 9.71. The van der Waals surface area contributed by atoms with Crippen LogP contribution in [0.3, 0.4) is 0 Å². The highest BCUT2D eigenvalue weighted by Crippen LogP contribution is 2.70. The van der Waals surface area contributed by atoms with Crippen molar-refractivity contribution in [1.29, 1.82) is 0 Å². The van der Waals surface area contributed by atoms with E-state index in [4.69, 9.17) is 0 Å². The lowest BCUT2D eigenvalue weighted by Crippen LogP contribution is -2.38. The van der Waals surface area contributed by atoms with Crippen LogP contribution in [0, 0.1) is 28.6 Å². The second kappa shape index (κ2) is 3.13. The van der Waals surface area contributed by atoms with Gasteiger partial charge in [0, 0.05) is 6.61 Å². The monoisotopic (exact) mass is 220 g/mol. The third kappa shape index (κ3) is 1.16. The van der Waals surface area contributed by atoms with Gasteiger partial charge in [-0.2, -0.15) is 0 Å². The molecule has 1 heteroatoms. The van der Waals surface area contributed by atoms with Crippen LogP contribution in [0.5, 0.6) is 0 Å². The average molecular weight is 220 g/mol. The molecule has 1 spiro atoms. The molecule has 90 valence electrons. The summed E-state index contributed by atoms with van der Waals surface area (Å²) in [5, 5.41) is 9.71. The van der Waals surface area contributed by atoms with Gasteiger partial charge >= 0.3 is 0 Å². The lowest BCUT2D eigenvalue weighted by Gasteiger charge is -2.44. The molecule has 2 bridgehead atoms. The van der Waals surface area contributed by atoms with Crippen LogP contribution in [0.15, 0.2) is 12.2 Å². The molecule has 0 aromatic rings. The Bertz CT molecular complexity index is 330. The summed E-state index contributed by atoms with van der Waals surface area (Å²) >= 11 is 0. The van der Waals surface area contributed by atoms with Crippen molar-refractivity contribution in [3.8, 4) is 0 Å². The van der Waals surface area contributed by atoms with Crippen molar-refractivity contribution < 1.29 is 5.11 Å². The Balaban J connectivity index is 2.07. The standard InChI is InChI=1S/C15H24O/c1-10-6-11-4-5-15(7-11)12(9-16)8-14(2,3)13(10)15/h11-13,16H,1,4-9H2,2-3H3/t11-,12-,13-,15+/m1/s1. The smallest absolute Gasteiger partial charge is 0.0465 e. The van der Waals surface area contributed by atoms with Gasteiger partial charge in [0.25, 0.3) is 0 Å². The molecule has 0 amide bonds. The van der Waals surface area contributed by atoms with Crippen LogP contribution in [-0.4, -0.2) is 11.7 Å². The molecule has 0 aliphatic heterocycles. The minimum Gasteiger partial charge on any atom is -0.396 e. The second-order valence-corrected chi connectivity index (χ2v) is 7.21. The average Bonchev–Trinajstić information content (AvgIpc) is 2.64. The number of aliphatic hydroxyl groups is 1. The lowest BCUT2D eigenvalue weighted by atomic mass is 9.60. The summed E-state index contributed by atoms with van der Waals surface area (Å²) in [5.41, 5.74) is 2.28. The number of allylic oxidation sites excluding steroid dienone is 1. The van der Waals surface area contributed by atoms with Crippen LogP contribution < -0.4 is 0 Å². The number of hydrogen-bond donors (Lipinski definition) is 1. The van der Waals surface area contributed by atoms with Crippen molar-refractivity contribution >= 4 is 0 Å². The first-order valence-corrected chi connectivity index (χ1v) is 6.78. The quantitative estimate of drug-likeness (QED) is 0.672. The van der Waals surface area contributed by atoms with Gasteiger partial charge < -0.3 is 5.11 Å². The molecule has 3 saturated carbocycles. The van der Waals surface area contributed by atoms with E-state index in [1.165, 1.54) is 37.7 Å². The Kier molecular flexibility index (Phi) is 2.12. The second-order valence-electron chi connectivity index (χ2n) is 7.21. The lowest BCUT2D eigenvalue weighted by molar-refractivity contribution is 0.0700. The molecule has 3 rings (SSSR count). The number of aliphatic hydroxyl groups excluding tert-OH is 1. The zero-order chi connectivity index (χ0) is 11.6. The molecule has 3 aliphatic rings. The molecular weight excluding hydrogens is 196 g/mol. The van der Waals surface area contributed by atoms with Gasteiger partial charge in [0.1, 0.15) is 0 Å². The summed E-state index contributed by atoms with van der Waals surface area (Å²) in [7, 11) is 0. The van der Waals surface area contributed by atoms with Gasteiger partial charge in [0.15, 0.2) is 0 Å². The van der Waals surface area contributed by atoms with Gasteiger partial charge in [0.2, 0.25) is 0 Å². The summed E-state index contributed by atoms with van der Waals surface area (Å²) in [6.45, 7) is 9.54. The first-order chi connectivity index (χ1) is 7.49. The largest absolute Gasteiger partial charge is 0.396 e. The van der Waals surface area contributed by atoms with Crippen molar-refractivity contribution in [3.05, 3.63) is 12.2 Å². The molecule has 0 unspecified atom stereocenters. The highest BCUT2D eigenvalue weighted by atomic mass is 16.3. The number of rotatable bonds is 1. The van der Waals surface area contributed by atoms with Crippen molar-refractivity contribution in [1.82, 2.24) is 0 Å². The van der Waals surface area contributed by atoms with Gasteiger partial charge in [-0.25, -0.2) is 0 Å². The van der Waals surface area contributed by atoms with Crippen molar-refractivity contribution in [2.45, 2.75) is 46.0 Å². The third-order valence-corrected chi connectivity index (χ3v) is 5.81. The van der Waals surface area contributed by atoms with E-state index >= 15 is 0 Å². The predicted octanol–water partition coefficient (Wildman–Crippen LogP) is 3.39. The molecular formula is C15H24O. The zero-order valence-electron chi connectivity index (χ0n) is 10.6. The van der Waals surface area contributed by atoms with E-state index < -0.39 is 0 Å². The summed E-state index contributed by atoms with van der Waals surface area (Å²) in [6.07, 6.45) is 6.54. The highest BCUT2D eigenvalue weighted by molar-refractivity contribution is 5.24. The van der Waals surface area contributed by atoms with E-state index in [0.717, 1.165) is 5.92 Å². The normalized spacial score (nSPS) is 49.4. The van der Waals surface area contributed by atoms with Crippen LogP contribution >= 0.6 is 0 Å². The summed E-state index contributed by atoms with van der Waals surface area (Å²) in [4.78, 5) is 0. The molecule has 0 aromatic carbocycles. The fraction of sp³-hybridized carbons (Fsp3) is 0.867. The Morgan fingerprint density at radius 2 is 2.12 bits per heavy atom. The summed E-state index contributed by atoms with van der Waals surface area (Å²) in [6, 6.07) is 0. The van der Waals surface area contributed by atoms with E-state index in [1.807, 2.05) is 0 Å². The van der Waals surface area contributed by atoms with E-state index in [9.17, 15) is 5.11 Å². The van der Waals surface area contributed by atoms with Crippen LogP contribution in [0.1, 0.15) is 46.0 Å². The van der Waals surface area contributed by atoms with Gasteiger partial charge in [0.05, 0.1) is 0 Å². The van der Waals surface area contributed by atoms with Gasteiger partial charge in [-0.3, -0.25) is 0 Å². The van der Waals surface area contributed by atoms with Crippen LogP contribution in [0.2, 0.25) is 0 Å². The van der Waals surface area contributed by atoms with Crippen LogP contribution in [-0.2, 0) is 0 Å². The molecule has 1 nitrogen and oxygen atoms in total. The van der Waals surface area contributed by atoms with Gasteiger partial charge in [-0.05, 0) is 60.7 Å². The van der Waals surface area contributed by atoms with Gasteiger partial charge in [-0.15, -0.1) is 0 Å².